The molecule has 0 aliphatic heterocycles. The second-order valence-corrected chi connectivity index (χ2v) is 3.83. The Morgan fingerprint density at radius 2 is 2.44 bits per heavy atom. The number of ether oxygens (including phenoxy) is 1. The van der Waals surface area contributed by atoms with Crippen molar-refractivity contribution in [1.82, 2.24) is 19.9 Å². The van der Waals surface area contributed by atoms with E-state index < -0.39 is 0 Å². The number of nitrogens with one attached hydrogen (secondary N) is 1. The Hall–Kier alpha value is -1.99. The zero-order chi connectivity index (χ0) is 13.0. The van der Waals surface area contributed by atoms with Crippen LogP contribution in [0.1, 0.15) is 10.4 Å². The number of hydrogen-bond acceptors (Lipinski definition) is 5. The number of fused-ring (bicyclic) bond motifs is 1. The number of carbonyl (C=O) groups excluding carboxylic acids is 1. The SMILES string of the molecule is COCC(CN)NC(=O)c1cnn2ccncc12. The molecule has 2 rings (SSSR count). The molecule has 0 fully saturated rings. The highest BCUT2D eigenvalue weighted by Crippen LogP contribution is 2.08. The lowest BCUT2D eigenvalue weighted by atomic mass is 10.2. The Labute approximate surface area is 104 Å². The molecule has 1 unspecified atom stereocenters. The van der Waals surface area contributed by atoms with Crippen LogP contribution < -0.4 is 11.1 Å². The van der Waals surface area contributed by atoms with Crippen molar-refractivity contribution in [3.63, 3.8) is 0 Å². The van der Waals surface area contributed by atoms with Crippen LogP contribution in [-0.4, -0.2) is 46.8 Å². The third-order valence-corrected chi connectivity index (χ3v) is 2.56. The van der Waals surface area contributed by atoms with Crippen LogP contribution in [0, 0.1) is 0 Å². The van der Waals surface area contributed by atoms with E-state index in [0.29, 0.717) is 24.2 Å². The van der Waals surface area contributed by atoms with E-state index in [9.17, 15) is 4.79 Å². The van der Waals surface area contributed by atoms with Gasteiger partial charge in [0.1, 0.15) is 0 Å². The molecule has 0 saturated carbocycles. The molecule has 0 saturated heterocycles. The van der Waals surface area contributed by atoms with Gasteiger partial charge in [-0.25, -0.2) is 4.52 Å². The molecule has 1 atom stereocenters. The van der Waals surface area contributed by atoms with Crippen LogP contribution in [0.15, 0.2) is 24.8 Å². The minimum Gasteiger partial charge on any atom is -0.383 e. The topological polar surface area (TPSA) is 94.5 Å². The fourth-order valence-corrected chi connectivity index (χ4v) is 1.64. The van der Waals surface area contributed by atoms with Crippen molar-refractivity contribution in [3.8, 4) is 0 Å². The monoisotopic (exact) mass is 249 g/mol. The molecule has 0 radical (unpaired) electrons. The zero-order valence-corrected chi connectivity index (χ0v) is 10.0. The Morgan fingerprint density at radius 1 is 1.61 bits per heavy atom. The molecular weight excluding hydrogens is 234 g/mol. The number of nitrogens with two attached hydrogens (primary N) is 1. The summed E-state index contributed by atoms with van der Waals surface area (Å²) in [5, 5.41) is 6.86. The summed E-state index contributed by atoms with van der Waals surface area (Å²) in [7, 11) is 1.56. The van der Waals surface area contributed by atoms with Crippen LogP contribution in [0.5, 0.6) is 0 Å². The van der Waals surface area contributed by atoms with Gasteiger partial charge in [0, 0.05) is 26.0 Å². The van der Waals surface area contributed by atoms with Crippen LogP contribution >= 0.6 is 0 Å². The van der Waals surface area contributed by atoms with Gasteiger partial charge in [-0.05, 0) is 0 Å². The van der Waals surface area contributed by atoms with Gasteiger partial charge in [-0.1, -0.05) is 0 Å². The second-order valence-electron chi connectivity index (χ2n) is 3.83. The molecule has 0 bridgehead atoms. The molecule has 0 aliphatic carbocycles. The van der Waals surface area contributed by atoms with Crippen molar-refractivity contribution < 1.29 is 9.53 Å². The molecule has 0 aromatic carbocycles. The van der Waals surface area contributed by atoms with Crippen molar-refractivity contribution in [2.75, 3.05) is 20.3 Å². The van der Waals surface area contributed by atoms with Gasteiger partial charge < -0.3 is 15.8 Å². The number of hydrogen-bond donors (Lipinski definition) is 2. The molecule has 0 spiro atoms. The van der Waals surface area contributed by atoms with Crippen molar-refractivity contribution in [2.24, 2.45) is 5.73 Å². The largest absolute Gasteiger partial charge is 0.383 e. The maximum Gasteiger partial charge on any atom is 0.255 e. The Kier molecular flexibility index (Phi) is 3.85. The molecule has 2 heterocycles. The lowest BCUT2D eigenvalue weighted by Crippen LogP contribution is -2.43. The summed E-state index contributed by atoms with van der Waals surface area (Å²) in [4.78, 5) is 16.0. The first-order valence-electron chi connectivity index (χ1n) is 5.53. The Balaban J connectivity index is 2.18. The van der Waals surface area contributed by atoms with Crippen molar-refractivity contribution in [1.29, 1.82) is 0 Å². The van der Waals surface area contributed by atoms with Gasteiger partial charge in [-0.2, -0.15) is 5.10 Å². The molecule has 96 valence electrons. The second kappa shape index (κ2) is 5.56. The Bertz CT molecular complexity index is 539. The highest BCUT2D eigenvalue weighted by Gasteiger charge is 2.16. The van der Waals surface area contributed by atoms with Gasteiger partial charge in [0.25, 0.3) is 5.91 Å². The summed E-state index contributed by atoms with van der Waals surface area (Å²) in [6, 6.07) is -0.214. The average molecular weight is 249 g/mol. The van der Waals surface area contributed by atoms with Crippen LogP contribution in [0.25, 0.3) is 5.52 Å². The molecular formula is C11H15N5O2. The average Bonchev–Trinajstić information content (AvgIpc) is 2.82. The lowest BCUT2D eigenvalue weighted by molar-refractivity contribution is 0.0902. The lowest BCUT2D eigenvalue weighted by Gasteiger charge is -2.15. The molecule has 18 heavy (non-hydrogen) atoms. The van der Waals surface area contributed by atoms with Gasteiger partial charge in [0.2, 0.25) is 0 Å². The van der Waals surface area contributed by atoms with Gasteiger partial charge in [0.15, 0.2) is 0 Å². The number of rotatable bonds is 5. The minimum absolute atomic E-state index is 0.214. The fraction of sp³-hybridized carbons (Fsp3) is 0.364. The van der Waals surface area contributed by atoms with E-state index in [-0.39, 0.29) is 11.9 Å². The minimum atomic E-state index is -0.231. The quantitative estimate of drug-likeness (QED) is 0.740. The number of carbonyl (C=O) groups is 1. The maximum absolute atomic E-state index is 12.1. The van der Waals surface area contributed by atoms with E-state index in [1.165, 1.54) is 6.20 Å². The summed E-state index contributed by atoms with van der Waals surface area (Å²) in [6.07, 6.45) is 6.39. The smallest absolute Gasteiger partial charge is 0.255 e. The zero-order valence-electron chi connectivity index (χ0n) is 10.0. The van der Waals surface area contributed by atoms with Crippen LogP contribution in [0.2, 0.25) is 0 Å². The summed E-state index contributed by atoms with van der Waals surface area (Å²) < 4.78 is 6.57. The molecule has 0 aliphatic rings. The molecule has 7 heteroatoms. The van der Waals surface area contributed by atoms with Gasteiger partial charge >= 0.3 is 0 Å². The summed E-state index contributed by atoms with van der Waals surface area (Å²) in [5.74, 6) is -0.231. The molecule has 3 N–H and O–H groups in total. The summed E-state index contributed by atoms with van der Waals surface area (Å²) in [6.45, 7) is 0.691. The molecule has 2 aromatic rings. The van der Waals surface area contributed by atoms with Crippen LogP contribution in [0.3, 0.4) is 0 Å². The van der Waals surface area contributed by atoms with Crippen molar-refractivity contribution >= 4 is 11.4 Å². The number of methoxy groups -OCH3 is 1. The van der Waals surface area contributed by atoms with Gasteiger partial charge in [0.05, 0.1) is 36.1 Å². The van der Waals surface area contributed by atoms with Gasteiger partial charge in [-0.15, -0.1) is 0 Å². The van der Waals surface area contributed by atoms with E-state index in [1.807, 2.05) is 0 Å². The Morgan fingerprint density at radius 3 is 3.17 bits per heavy atom. The fourth-order valence-electron chi connectivity index (χ4n) is 1.64. The first kappa shape index (κ1) is 12.5. The molecule has 7 nitrogen and oxygen atoms in total. The van der Waals surface area contributed by atoms with Crippen LogP contribution in [0.4, 0.5) is 0 Å². The van der Waals surface area contributed by atoms with Crippen molar-refractivity contribution in [3.05, 3.63) is 30.4 Å². The molecule has 1 amide bonds. The van der Waals surface area contributed by atoms with Gasteiger partial charge in [-0.3, -0.25) is 9.78 Å². The first-order valence-corrected chi connectivity index (χ1v) is 5.53. The highest BCUT2D eigenvalue weighted by molar-refractivity contribution is 6.00. The van der Waals surface area contributed by atoms with Crippen molar-refractivity contribution in [2.45, 2.75) is 6.04 Å². The van der Waals surface area contributed by atoms with E-state index in [1.54, 1.807) is 30.2 Å². The highest BCUT2D eigenvalue weighted by atomic mass is 16.5. The third kappa shape index (κ3) is 2.47. The predicted octanol–water partition coefficient (Wildman–Crippen LogP) is -0.567. The van der Waals surface area contributed by atoms with Crippen LogP contribution in [-0.2, 0) is 4.74 Å². The maximum atomic E-state index is 12.1. The van der Waals surface area contributed by atoms with E-state index in [2.05, 4.69) is 15.4 Å². The normalized spacial score (nSPS) is 12.6. The number of aromatic nitrogens is 3. The predicted molar refractivity (Wildman–Crippen MR) is 65.2 cm³/mol. The molecule has 2 aromatic heterocycles. The van der Waals surface area contributed by atoms with E-state index >= 15 is 0 Å². The summed E-state index contributed by atoms with van der Waals surface area (Å²) in [5.41, 5.74) is 6.67. The van der Waals surface area contributed by atoms with E-state index in [0.717, 1.165) is 0 Å². The number of nitrogens with zero attached hydrogens (tertiary/aromatic N) is 3. The number of amides is 1. The third-order valence-electron chi connectivity index (χ3n) is 2.56. The van der Waals surface area contributed by atoms with E-state index in [4.69, 9.17) is 10.5 Å². The first-order chi connectivity index (χ1) is 8.76. The summed E-state index contributed by atoms with van der Waals surface area (Å²) >= 11 is 0. The standard InChI is InChI=1S/C11H15N5O2/c1-18-7-8(4-12)15-11(17)9-5-14-16-3-2-13-6-10(9)16/h2-3,5-6,8H,4,7,12H2,1H3,(H,15,17).